The smallest absolute Gasteiger partial charge is 0.234 e. The van der Waals surface area contributed by atoms with Crippen LogP contribution in [0.15, 0.2) is 54.6 Å². The second kappa shape index (κ2) is 7.46. The van der Waals surface area contributed by atoms with Gasteiger partial charge in [0.2, 0.25) is 4.96 Å². The van der Waals surface area contributed by atoms with Gasteiger partial charge in [-0.05, 0) is 50.1 Å². The van der Waals surface area contributed by atoms with Gasteiger partial charge in [-0.3, -0.25) is 0 Å². The molecule has 0 aliphatic heterocycles. The Balaban J connectivity index is 1.42. The zero-order valence-electron chi connectivity index (χ0n) is 16.6. The van der Waals surface area contributed by atoms with Crippen molar-refractivity contribution in [3.63, 3.8) is 0 Å². The number of para-hydroxylation sites is 1. The topological polar surface area (TPSA) is 60.9 Å². The van der Waals surface area contributed by atoms with Crippen LogP contribution in [0.1, 0.15) is 22.8 Å². The van der Waals surface area contributed by atoms with Crippen molar-refractivity contribution in [2.45, 2.75) is 26.7 Å². The second-order valence-electron chi connectivity index (χ2n) is 7.09. The van der Waals surface area contributed by atoms with Gasteiger partial charge in [0.25, 0.3) is 0 Å². The van der Waals surface area contributed by atoms with E-state index >= 15 is 0 Å². The Morgan fingerprint density at radius 1 is 0.900 bits per heavy atom. The Morgan fingerprint density at radius 2 is 1.67 bits per heavy atom. The van der Waals surface area contributed by atoms with Gasteiger partial charge in [-0.25, -0.2) is 9.07 Å². The number of hydrogen-bond acceptors (Lipinski definition) is 5. The zero-order valence-corrected chi connectivity index (χ0v) is 17.4. The summed E-state index contributed by atoms with van der Waals surface area (Å²) in [6.07, 6.45) is 1.45. The van der Waals surface area contributed by atoms with Crippen LogP contribution >= 0.6 is 11.3 Å². The molecule has 0 unspecified atom stereocenters. The number of benzene rings is 2. The van der Waals surface area contributed by atoms with Crippen molar-refractivity contribution in [1.29, 1.82) is 0 Å². The normalized spacial score (nSPS) is 11.4. The van der Waals surface area contributed by atoms with E-state index in [0.717, 1.165) is 29.3 Å². The summed E-state index contributed by atoms with van der Waals surface area (Å²) in [6, 6.07) is 16.7. The van der Waals surface area contributed by atoms with Gasteiger partial charge in [0.15, 0.2) is 10.8 Å². The highest BCUT2D eigenvalue weighted by molar-refractivity contribution is 7.19. The molecule has 8 heteroatoms. The van der Waals surface area contributed by atoms with E-state index in [2.05, 4.69) is 22.2 Å². The van der Waals surface area contributed by atoms with Gasteiger partial charge < -0.3 is 0 Å². The maximum atomic E-state index is 14.1. The highest BCUT2D eigenvalue weighted by Crippen LogP contribution is 2.28. The average molecular weight is 419 g/mol. The monoisotopic (exact) mass is 418 g/mol. The first-order valence-electron chi connectivity index (χ1n) is 9.68. The first-order valence-corrected chi connectivity index (χ1v) is 10.5. The lowest BCUT2D eigenvalue weighted by Gasteiger charge is -2.05. The van der Waals surface area contributed by atoms with E-state index in [9.17, 15) is 4.39 Å². The summed E-state index contributed by atoms with van der Waals surface area (Å²) in [5, 5.41) is 18.4. The lowest BCUT2D eigenvalue weighted by Crippen LogP contribution is -2.02. The summed E-state index contributed by atoms with van der Waals surface area (Å²) in [5.74, 6) is 0.471. The van der Waals surface area contributed by atoms with Gasteiger partial charge >= 0.3 is 0 Å². The number of hydrogen-bond donors (Lipinski definition) is 0. The van der Waals surface area contributed by atoms with Crippen molar-refractivity contribution in [3.8, 4) is 16.3 Å². The molecule has 5 aromatic rings. The summed E-state index contributed by atoms with van der Waals surface area (Å²) in [5.41, 5.74) is 4.84. The molecule has 0 atom stereocenters. The quantitative estimate of drug-likeness (QED) is 0.419. The van der Waals surface area contributed by atoms with Gasteiger partial charge in [-0.1, -0.05) is 41.7 Å². The number of nitrogens with zero attached hydrogens (tertiary/aromatic N) is 6. The molecule has 5 rings (SSSR count). The van der Waals surface area contributed by atoms with E-state index in [-0.39, 0.29) is 5.82 Å². The third-order valence-corrected chi connectivity index (χ3v) is 6.13. The predicted molar refractivity (Wildman–Crippen MR) is 114 cm³/mol. The number of rotatable bonds is 5. The molecule has 0 radical (unpaired) electrons. The summed E-state index contributed by atoms with van der Waals surface area (Å²) >= 11 is 1.34. The van der Waals surface area contributed by atoms with E-state index < -0.39 is 0 Å². The number of aryl methyl sites for hydroxylation is 2. The summed E-state index contributed by atoms with van der Waals surface area (Å²) in [4.78, 5) is 0.664. The minimum atomic E-state index is -0.288. The molecule has 0 fully saturated rings. The van der Waals surface area contributed by atoms with Crippen molar-refractivity contribution in [1.82, 2.24) is 29.6 Å². The van der Waals surface area contributed by atoms with Crippen LogP contribution in [-0.2, 0) is 12.8 Å². The number of halogens is 1. The standard InChI is InChI=1S/C22H19FN6S/c1-14-17(15(2)28(26-14)16-8-4-3-5-9-16)12-13-20-24-25-22-29(20)27-21(30-22)18-10-6-7-11-19(18)23/h3-11H,12-13H2,1-2H3. The molecule has 0 spiro atoms. The zero-order chi connectivity index (χ0) is 20.7. The van der Waals surface area contributed by atoms with Crippen LogP contribution in [0, 0.1) is 19.7 Å². The maximum absolute atomic E-state index is 14.1. The van der Waals surface area contributed by atoms with Crippen LogP contribution in [0.4, 0.5) is 4.39 Å². The van der Waals surface area contributed by atoms with Crippen LogP contribution in [0.3, 0.4) is 0 Å². The molecule has 3 heterocycles. The number of aromatic nitrogens is 6. The Kier molecular flexibility index (Phi) is 4.63. The number of fused-ring (bicyclic) bond motifs is 1. The predicted octanol–water partition coefficient (Wildman–Crippen LogP) is 4.58. The van der Waals surface area contributed by atoms with Crippen LogP contribution in [0.25, 0.3) is 21.2 Å². The molecular formula is C22H19FN6S. The molecule has 0 saturated heterocycles. The van der Waals surface area contributed by atoms with Gasteiger partial charge in [-0.15, -0.1) is 10.2 Å². The fourth-order valence-corrected chi connectivity index (χ4v) is 4.54. The molecule has 3 aromatic heterocycles. The third kappa shape index (κ3) is 3.19. The van der Waals surface area contributed by atoms with E-state index in [1.165, 1.54) is 23.0 Å². The Morgan fingerprint density at radius 3 is 2.47 bits per heavy atom. The summed E-state index contributed by atoms with van der Waals surface area (Å²) < 4.78 is 17.8. The average Bonchev–Trinajstić information content (AvgIpc) is 3.41. The van der Waals surface area contributed by atoms with Crippen LogP contribution in [0.5, 0.6) is 0 Å². The van der Waals surface area contributed by atoms with Gasteiger partial charge in [0.1, 0.15) is 5.82 Å². The molecule has 0 N–H and O–H groups in total. The summed E-state index contributed by atoms with van der Waals surface area (Å²) in [7, 11) is 0. The van der Waals surface area contributed by atoms with E-state index in [4.69, 9.17) is 5.10 Å². The molecule has 30 heavy (non-hydrogen) atoms. The first kappa shape index (κ1) is 18.6. The van der Waals surface area contributed by atoms with E-state index in [1.807, 2.05) is 41.9 Å². The van der Waals surface area contributed by atoms with Gasteiger partial charge in [0.05, 0.1) is 11.4 Å². The van der Waals surface area contributed by atoms with Gasteiger partial charge in [-0.2, -0.15) is 14.7 Å². The molecule has 0 saturated carbocycles. The molecule has 150 valence electrons. The van der Waals surface area contributed by atoms with Gasteiger partial charge in [0, 0.05) is 17.7 Å². The highest BCUT2D eigenvalue weighted by Gasteiger charge is 2.17. The molecule has 2 aromatic carbocycles. The van der Waals surface area contributed by atoms with E-state index in [1.54, 1.807) is 22.7 Å². The maximum Gasteiger partial charge on any atom is 0.234 e. The molecule has 0 bridgehead atoms. The Hall–Kier alpha value is -3.39. The fraction of sp³-hybridized carbons (Fsp3) is 0.182. The van der Waals surface area contributed by atoms with Crippen LogP contribution < -0.4 is 0 Å². The molecule has 0 aliphatic carbocycles. The SMILES string of the molecule is Cc1nn(-c2ccccc2)c(C)c1CCc1nnc2sc(-c3ccccc3F)nn12. The minimum Gasteiger partial charge on any atom is -0.238 e. The molecule has 6 nitrogen and oxygen atoms in total. The summed E-state index contributed by atoms with van der Waals surface area (Å²) in [6.45, 7) is 4.11. The Bertz CT molecular complexity index is 1330. The molecule has 0 amide bonds. The molecule has 0 aliphatic rings. The van der Waals surface area contributed by atoms with Crippen LogP contribution in [-0.4, -0.2) is 29.6 Å². The van der Waals surface area contributed by atoms with Crippen molar-refractivity contribution in [2.75, 3.05) is 0 Å². The Labute approximate surface area is 176 Å². The van der Waals surface area contributed by atoms with E-state index in [0.29, 0.717) is 22.0 Å². The fourth-order valence-electron chi connectivity index (χ4n) is 3.65. The first-order chi connectivity index (χ1) is 14.6. The highest BCUT2D eigenvalue weighted by atomic mass is 32.1. The lowest BCUT2D eigenvalue weighted by molar-refractivity contribution is 0.630. The third-order valence-electron chi connectivity index (χ3n) is 5.20. The van der Waals surface area contributed by atoms with Crippen molar-refractivity contribution >= 4 is 16.3 Å². The second-order valence-corrected chi connectivity index (χ2v) is 8.05. The lowest BCUT2D eigenvalue weighted by atomic mass is 10.1. The van der Waals surface area contributed by atoms with Crippen molar-refractivity contribution in [2.24, 2.45) is 0 Å². The van der Waals surface area contributed by atoms with Crippen molar-refractivity contribution < 1.29 is 4.39 Å². The minimum absolute atomic E-state index is 0.288. The largest absolute Gasteiger partial charge is 0.238 e. The van der Waals surface area contributed by atoms with Crippen molar-refractivity contribution in [3.05, 3.63) is 83.2 Å². The van der Waals surface area contributed by atoms with Crippen LogP contribution in [0.2, 0.25) is 0 Å². The molecular weight excluding hydrogens is 399 g/mol.